The molecule has 0 bridgehead atoms. The molecule has 0 spiro atoms. The molecule has 0 aromatic rings. The zero-order chi connectivity index (χ0) is 12.4. The number of rotatable bonds is 2. The average Bonchev–Trinajstić information content (AvgIpc) is 2.69. The van der Waals surface area contributed by atoms with Crippen molar-refractivity contribution < 1.29 is 14.3 Å². The summed E-state index contributed by atoms with van der Waals surface area (Å²) in [7, 11) is 0. The van der Waals surface area contributed by atoms with E-state index in [2.05, 4.69) is 0 Å². The summed E-state index contributed by atoms with van der Waals surface area (Å²) in [5.74, 6) is -0.116. The van der Waals surface area contributed by atoms with E-state index in [1.165, 1.54) is 0 Å². The third-order valence-electron chi connectivity index (χ3n) is 3.43. The highest BCUT2D eigenvalue weighted by Crippen LogP contribution is 2.15. The number of hydrogen-bond donors (Lipinski definition) is 1. The second-order valence-electron chi connectivity index (χ2n) is 4.54. The van der Waals surface area contributed by atoms with Gasteiger partial charge in [0.1, 0.15) is 6.04 Å². The number of hydrogen-bond acceptors (Lipinski definition) is 4. The van der Waals surface area contributed by atoms with Gasteiger partial charge >= 0.3 is 0 Å². The summed E-state index contributed by atoms with van der Waals surface area (Å²) in [4.78, 5) is 27.3. The highest BCUT2D eigenvalue weighted by atomic mass is 35.5. The van der Waals surface area contributed by atoms with Crippen molar-refractivity contribution in [3.8, 4) is 0 Å². The van der Waals surface area contributed by atoms with Crippen LogP contribution in [-0.4, -0.2) is 66.5 Å². The molecule has 2 aliphatic rings. The number of amides is 2. The Morgan fingerprint density at radius 3 is 2.50 bits per heavy atom. The van der Waals surface area contributed by atoms with E-state index in [0.29, 0.717) is 39.3 Å². The van der Waals surface area contributed by atoms with Gasteiger partial charge in [-0.15, -0.1) is 12.4 Å². The summed E-state index contributed by atoms with van der Waals surface area (Å²) < 4.78 is 5.20. The first-order valence-electron chi connectivity index (χ1n) is 6.04. The van der Waals surface area contributed by atoms with Gasteiger partial charge in [0, 0.05) is 19.6 Å². The molecule has 6 nitrogen and oxygen atoms in total. The molecule has 0 saturated carbocycles. The quantitative estimate of drug-likeness (QED) is 0.718. The van der Waals surface area contributed by atoms with Gasteiger partial charge in [-0.05, 0) is 13.3 Å². The fourth-order valence-corrected chi connectivity index (χ4v) is 2.29. The lowest BCUT2D eigenvalue weighted by Gasteiger charge is -2.32. The smallest absolute Gasteiger partial charge is 0.245 e. The highest BCUT2D eigenvalue weighted by molar-refractivity contribution is 5.90. The van der Waals surface area contributed by atoms with Gasteiger partial charge in [0.25, 0.3) is 0 Å². The molecule has 2 heterocycles. The lowest BCUT2D eigenvalue weighted by atomic mass is 10.2. The van der Waals surface area contributed by atoms with E-state index in [9.17, 15) is 9.59 Å². The van der Waals surface area contributed by atoms with Crippen molar-refractivity contribution in [1.82, 2.24) is 9.80 Å². The number of likely N-dealkylation sites (tertiary alicyclic amines) is 1. The van der Waals surface area contributed by atoms with Gasteiger partial charge in [-0.25, -0.2) is 0 Å². The Labute approximate surface area is 113 Å². The van der Waals surface area contributed by atoms with Gasteiger partial charge in [-0.3, -0.25) is 9.59 Å². The van der Waals surface area contributed by atoms with Crippen molar-refractivity contribution in [3.05, 3.63) is 0 Å². The van der Waals surface area contributed by atoms with Crippen LogP contribution in [0.15, 0.2) is 0 Å². The molecule has 1 unspecified atom stereocenters. The highest BCUT2D eigenvalue weighted by Gasteiger charge is 2.36. The number of ether oxygens (including phenoxy) is 1. The van der Waals surface area contributed by atoms with Gasteiger partial charge in [0.2, 0.25) is 11.8 Å². The van der Waals surface area contributed by atoms with E-state index in [0.717, 1.165) is 0 Å². The standard InChI is InChI=1S/C11H19N3O3.ClH/c1-8(14-3-2-9(12)11(14)16)10(15)13-4-6-17-7-5-13;/h8-9H,2-7,12H2,1H3;1H/t8-,9?;/m0./s1. The molecule has 0 aromatic carbocycles. The predicted molar refractivity (Wildman–Crippen MR) is 68.4 cm³/mol. The monoisotopic (exact) mass is 277 g/mol. The first kappa shape index (κ1) is 15.2. The summed E-state index contributed by atoms with van der Waals surface area (Å²) in [6.07, 6.45) is 0.638. The predicted octanol–water partition coefficient (Wildman–Crippen LogP) is -0.785. The molecule has 104 valence electrons. The van der Waals surface area contributed by atoms with Crippen molar-refractivity contribution >= 4 is 24.2 Å². The topological polar surface area (TPSA) is 75.9 Å². The number of nitrogens with two attached hydrogens (primary N) is 1. The summed E-state index contributed by atoms with van der Waals surface area (Å²) >= 11 is 0. The van der Waals surface area contributed by atoms with Gasteiger partial charge in [-0.1, -0.05) is 0 Å². The van der Waals surface area contributed by atoms with E-state index < -0.39 is 12.1 Å². The van der Waals surface area contributed by atoms with Crippen LogP contribution in [0.2, 0.25) is 0 Å². The number of morpholine rings is 1. The Bertz CT molecular complexity index is 321. The van der Waals surface area contributed by atoms with E-state index in [-0.39, 0.29) is 24.2 Å². The Balaban J connectivity index is 0.00000162. The first-order chi connectivity index (χ1) is 8.11. The van der Waals surface area contributed by atoms with Crippen molar-refractivity contribution in [2.45, 2.75) is 25.4 Å². The molecule has 18 heavy (non-hydrogen) atoms. The lowest BCUT2D eigenvalue weighted by molar-refractivity contribution is -0.145. The van der Waals surface area contributed by atoms with Crippen LogP contribution in [0, 0.1) is 0 Å². The number of carbonyl (C=O) groups excluding carboxylic acids is 2. The molecule has 7 heteroatoms. The molecule has 2 N–H and O–H groups in total. The van der Waals surface area contributed by atoms with Gasteiger partial charge in [0.15, 0.2) is 0 Å². The Hall–Kier alpha value is -0.850. The summed E-state index contributed by atoms with van der Waals surface area (Å²) in [6.45, 7) is 4.72. The third kappa shape index (κ3) is 2.93. The molecule has 0 radical (unpaired) electrons. The molecule has 2 amide bonds. The normalized spacial score (nSPS) is 25.9. The number of nitrogens with zero attached hydrogens (tertiary/aromatic N) is 2. The van der Waals surface area contributed by atoms with Crippen LogP contribution in [0.5, 0.6) is 0 Å². The molecule has 0 aromatic heterocycles. The zero-order valence-corrected chi connectivity index (χ0v) is 11.3. The molecule has 2 atom stereocenters. The second kappa shape index (κ2) is 6.36. The Morgan fingerprint density at radius 2 is 2.00 bits per heavy atom. The lowest BCUT2D eigenvalue weighted by Crippen LogP contribution is -2.52. The van der Waals surface area contributed by atoms with Gasteiger partial charge in [-0.2, -0.15) is 0 Å². The Kier molecular flexibility index (Phi) is 5.37. The van der Waals surface area contributed by atoms with E-state index >= 15 is 0 Å². The molecular formula is C11H20ClN3O3. The minimum atomic E-state index is -0.435. The molecule has 2 rings (SSSR count). The minimum Gasteiger partial charge on any atom is -0.378 e. The van der Waals surface area contributed by atoms with Crippen LogP contribution in [0.25, 0.3) is 0 Å². The van der Waals surface area contributed by atoms with Gasteiger partial charge < -0.3 is 20.3 Å². The summed E-state index contributed by atoms with van der Waals surface area (Å²) in [5.41, 5.74) is 5.65. The molecule has 2 aliphatic heterocycles. The maximum absolute atomic E-state index is 12.2. The molecular weight excluding hydrogens is 258 g/mol. The number of carbonyl (C=O) groups is 2. The minimum absolute atomic E-state index is 0. The van der Waals surface area contributed by atoms with Crippen LogP contribution < -0.4 is 5.73 Å². The molecule has 0 aliphatic carbocycles. The Morgan fingerprint density at radius 1 is 1.39 bits per heavy atom. The van der Waals surface area contributed by atoms with Crippen LogP contribution >= 0.6 is 12.4 Å². The van der Waals surface area contributed by atoms with Crippen molar-refractivity contribution in [2.24, 2.45) is 5.73 Å². The van der Waals surface area contributed by atoms with Gasteiger partial charge in [0.05, 0.1) is 19.3 Å². The van der Waals surface area contributed by atoms with E-state index in [1.807, 2.05) is 0 Å². The van der Waals surface area contributed by atoms with E-state index in [4.69, 9.17) is 10.5 Å². The second-order valence-corrected chi connectivity index (χ2v) is 4.54. The van der Waals surface area contributed by atoms with Crippen molar-refractivity contribution in [2.75, 3.05) is 32.8 Å². The fraction of sp³-hybridized carbons (Fsp3) is 0.818. The molecule has 2 saturated heterocycles. The first-order valence-corrected chi connectivity index (χ1v) is 6.04. The van der Waals surface area contributed by atoms with Crippen molar-refractivity contribution in [3.63, 3.8) is 0 Å². The third-order valence-corrected chi connectivity index (χ3v) is 3.43. The summed E-state index contributed by atoms with van der Waals surface area (Å²) in [6, 6.07) is -0.843. The fourth-order valence-electron chi connectivity index (χ4n) is 2.29. The van der Waals surface area contributed by atoms with Crippen LogP contribution in [0.3, 0.4) is 0 Å². The van der Waals surface area contributed by atoms with Crippen LogP contribution in [0.4, 0.5) is 0 Å². The summed E-state index contributed by atoms with van der Waals surface area (Å²) in [5, 5.41) is 0. The average molecular weight is 278 g/mol. The largest absolute Gasteiger partial charge is 0.378 e. The number of halogens is 1. The zero-order valence-electron chi connectivity index (χ0n) is 10.5. The van der Waals surface area contributed by atoms with E-state index in [1.54, 1.807) is 16.7 Å². The van der Waals surface area contributed by atoms with Crippen LogP contribution in [0.1, 0.15) is 13.3 Å². The molecule has 2 fully saturated rings. The SMILES string of the molecule is C[C@@H](C(=O)N1CCOCC1)N1CCC(N)C1=O.Cl. The maximum Gasteiger partial charge on any atom is 0.245 e. The van der Waals surface area contributed by atoms with Crippen molar-refractivity contribution in [1.29, 1.82) is 0 Å². The maximum atomic E-state index is 12.2. The van der Waals surface area contributed by atoms with Crippen LogP contribution in [-0.2, 0) is 14.3 Å².